The number of hydrogen-bond donors (Lipinski definition) is 2. The van der Waals surface area contributed by atoms with Crippen LogP contribution in [-0.2, 0) is 6.61 Å². The van der Waals surface area contributed by atoms with Crippen molar-refractivity contribution in [2.75, 3.05) is 14.2 Å². The van der Waals surface area contributed by atoms with Crippen LogP contribution in [0.25, 0.3) is 11.3 Å². The third kappa shape index (κ3) is 4.73. The Morgan fingerprint density at radius 3 is 2.34 bits per heavy atom. The standard InChI is InChI=1S/C25H23N3O4/c1-30-22-13-8-18(14-23(22)31-2)24-21(25(29)28-27-24)15-26-19-9-11-20(12-10-19)32-16-17-6-4-3-5-7-17/h3-15H,16H2,1-2H3,(H2,27,28,29). The van der Waals surface area contributed by atoms with Crippen LogP contribution in [0.1, 0.15) is 11.1 Å². The Labute approximate surface area is 185 Å². The second-order valence-electron chi connectivity index (χ2n) is 6.96. The Bertz CT molecular complexity index is 1260. The molecule has 7 heteroatoms. The molecule has 1 heterocycles. The van der Waals surface area contributed by atoms with E-state index < -0.39 is 0 Å². The maximum atomic E-state index is 12.3. The molecule has 162 valence electrons. The molecule has 0 aliphatic carbocycles. The van der Waals surface area contributed by atoms with E-state index in [4.69, 9.17) is 14.2 Å². The molecule has 0 aliphatic heterocycles. The van der Waals surface area contributed by atoms with Gasteiger partial charge in [-0.05, 0) is 48.0 Å². The van der Waals surface area contributed by atoms with Gasteiger partial charge in [0.05, 0.1) is 31.2 Å². The zero-order valence-corrected chi connectivity index (χ0v) is 17.8. The normalized spacial score (nSPS) is 10.9. The largest absolute Gasteiger partial charge is 0.493 e. The SMILES string of the molecule is COc1ccc(-c2[nH][nH]c(=O)c2C=Nc2ccc(OCc3ccccc3)cc2)cc1OC. The van der Waals surface area contributed by atoms with E-state index in [1.807, 2.05) is 60.7 Å². The number of H-pyrrole nitrogens is 2. The van der Waals surface area contributed by atoms with Crippen molar-refractivity contribution in [3.05, 3.63) is 94.3 Å². The molecule has 0 unspecified atom stereocenters. The zero-order chi connectivity index (χ0) is 22.3. The molecule has 0 atom stereocenters. The highest BCUT2D eigenvalue weighted by Crippen LogP contribution is 2.32. The fourth-order valence-electron chi connectivity index (χ4n) is 3.22. The van der Waals surface area contributed by atoms with Gasteiger partial charge < -0.3 is 14.2 Å². The van der Waals surface area contributed by atoms with Crippen LogP contribution in [0, 0.1) is 0 Å². The number of nitrogens with one attached hydrogen (secondary N) is 2. The number of hydrogen-bond acceptors (Lipinski definition) is 5. The van der Waals surface area contributed by atoms with E-state index in [1.165, 1.54) is 0 Å². The summed E-state index contributed by atoms with van der Waals surface area (Å²) in [6.07, 6.45) is 1.54. The molecule has 7 nitrogen and oxygen atoms in total. The summed E-state index contributed by atoms with van der Waals surface area (Å²) in [5.41, 5.74) is 3.34. The molecule has 0 bridgehead atoms. The lowest BCUT2D eigenvalue weighted by Crippen LogP contribution is -2.05. The quantitative estimate of drug-likeness (QED) is 0.397. The van der Waals surface area contributed by atoms with E-state index in [-0.39, 0.29) is 5.56 Å². The number of ether oxygens (including phenoxy) is 3. The average Bonchev–Trinajstić information content (AvgIpc) is 3.22. The third-order valence-corrected chi connectivity index (χ3v) is 4.91. The van der Waals surface area contributed by atoms with Crippen LogP contribution in [0.15, 0.2) is 82.6 Å². The number of aliphatic imine (C=N–C) groups is 1. The first-order valence-electron chi connectivity index (χ1n) is 10.0. The van der Waals surface area contributed by atoms with Gasteiger partial charge in [-0.25, -0.2) is 0 Å². The predicted octanol–water partition coefficient (Wildman–Crippen LogP) is 4.72. The van der Waals surface area contributed by atoms with Crippen LogP contribution < -0.4 is 19.8 Å². The maximum Gasteiger partial charge on any atom is 0.273 e. The summed E-state index contributed by atoms with van der Waals surface area (Å²) in [6, 6.07) is 22.8. The van der Waals surface area contributed by atoms with Gasteiger partial charge in [-0.1, -0.05) is 30.3 Å². The summed E-state index contributed by atoms with van der Waals surface area (Å²) in [5.74, 6) is 1.93. The first kappa shape index (κ1) is 21.0. The number of nitrogens with zero attached hydrogens (tertiary/aromatic N) is 1. The first-order chi connectivity index (χ1) is 15.7. The molecule has 0 spiro atoms. The Morgan fingerprint density at radius 1 is 0.875 bits per heavy atom. The van der Waals surface area contributed by atoms with Crippen LogP contribution in [0.4, 0.5) is 5.69 Å². The molecule has 0 amide bonds. The number of rotatable bonds is 8. The zero-order valence-electron chi connectivity index (χ0n) is 17.8. The van der Waals surface area contributed by atoms with Crippen molar-refractivity contribution in [3.63, 3.8) is 0 Å². The molecule has 0 fully saturated rings. The molecule has 0 saturated carbocycles. The fourth-order valence-corrected chi connectivity index (χ4v) is 3.22. The van der Waals surface area contributed by atoms with Crippen molar-refractivity contribution in [2.45, 2.75) is 6.61 Å². The summed E-state index contributed by atoms with van der Waals surface area (Å²) < 4.78 is 16.4. The van der Waals surface area contributed by atoms with Gasteiger partial charge in [-0.2, -0.15) is 0 Å². The second-order valence-corrected chi connectivity index (χ2v) is 6.96. The lowest BCUT2D eigenvalue weighted by Gasteiger charge is -2.09. The van der Waals surface area contributed by atoms with Crippen LogP contribution >= 0.6 is 0 Å². The maximum absolute atomic E-state index is 12.3. The number of aromatic nitrogens is 2. The van der Waals surface area contributed by atoms with E-state index in [1.54, 1.807) is 32.6 Å². The summed E-state index contributed by atoms with van der Waals surface area (Å²) in [4.78, 5) is 16.8. The summed E-state index contributed by atoms with van der Waals surface area (Å²) in [6.45, 7) is 0.497. The molecule has 3 aromatic carbocycles. The van der Waals surface area contributed by atoms with Gasteiger partial charge in [0.25, 0.3) is 5.56 Å². The topological polar surface area (TPSA) is 88.7 Å². The molecule has 32 heavy (non-hydrogen) atoms. The highest BCUT2D eigenvalue weighted by molar-refractivity contribution is 5.90. The van der Waals surface area contributed by atoms with Gasteiger partial charge in [0, 0.05) is 11.8 Å². The third-order valence-electron chi connectivity index (χ3n) is 4.91. The monoisotopic (exact) mass is 429 g/mol. The van der Waals surface area contributed by atoms with Crippen molar-refractivity contribution in [3.8, 4) is 28.5 Å². The Hall–Kier alpha value is -4.26. The highest BCUT2D eigenvalue weighted by Gasteiger charge is 2.13. The van der Waals surface area contributed by atoms with Crippen LogP contribution in [0.3, 0.4) is 0 Å². The number of benzene rings is 3. The van der Waals surface area contributed by atoms with Crippen LogP contribution in [-0.4, -0.2) is 30.6 Å². The van der Waals surface area contributed by atoms with Gasteiger partial charge in [0.2, 0.25) is 0 Å². The van der Waals surface area contributed by atoms with Gasteiger partial charge in [-0.15, -0.1) is 0 Å². The fraction of sp³-hybridized carbons (Fsp3) is 0.120. The molecule has 0 saturated heterocycles. The van der Waals surface area contributed by atoms with Gasteiger partial charge >= 0.3 is 0 Å². The summed E-state index contributed by atoms with van der Waals surface area (Å²) >= 11 is 0. The van der Waals surface area contributed by atoms with E-state index >= 15 is 0 Å². The number of methoxy groups -OCH3 is 2. The molecule has 4 aromatic rings. The molecular weight excluding hydrogens is 406 g/mol. The molecule has 0 radical (unpaired) electrons. The Balaban J connectivity index is 1.51. The molecule has 1 aromatic heterocycles. The van der Waals surface area contributed by atoms with Gasteiger partial charge in [0.1, 0.15) is 12.4 Å². The van der Waals surface area contributed by atoms with Crippen molar-refractivity contribution in [1.82, 2.24) is 10.2 Å². The van der Waals surface area contributed by atoms with E-state index in [9.17, 15) is 4.79 Å². The predicted molar refractivity (Wildman–Crippen MR) is 124 cm³/mol. The number of aromatic amines is 2. The van der Waals surface area contributed by atoms with Crippen molar-refractivity contribution in [2.24, 2.45) is 4.99 Å². The smallest absolute Gasteiger partial charge is 0.273 e. The van der Waals surface area contributed by atoms with Gasteiger partial charge in [-0.3, -0.25) is 20.0 Å². The lowest BCUT2D eigenvalue weighted by molar-refractivity contribution is 0.306. The molecular formula is C25H23N3O4. The summed E-state index contributed by atoms with van der Waals surface area (Å²) in [5, 5.41) is 5.53. The van der Waals surface area contributed by atoms with Crippen LogP contribution in [0.2, 0.25) is 0 Å². The van der Waals surface area contributed by atoms with Crippen LogP contribution in [0.5, 0.6) is 17.2 Å². The lowest BCUT2D eigenvalue weighted by atomic mass is 10.1. The minimum Gasteiger partial charge on any atom is -0.493 e. The van der Waals surface area contributed by atoms with E-state index in [0.29, 0.717) is 35.1 Å². The Kier molecular flexibility index (Phi) is 6.36. The van der Waals surface area contributed by atoms with Crippen molar-refractivity contribution >= 4 is 11.9 Å². The minimum absolute atomic E-state index is 0.263. The second kappa shape index (κ2) is 9.70. The molecule has 2 N–H and O–H groups in total. The van der Waals surface area contributed by atoms with E-state index in [2.05, 4.69) is 15.2 Å². The first-order valence-corrected chi connectivity index (χ1v) is 10.0. The highest BCUT2D eigenvalue weighted by atomic mass is 16.5. The van der Waals surface area contributed by atoms with Crippen molar-refractivity contribution < 1.29 is 14.2 Å². The van der Waals surface area contributed by atoms with Crippen molar-refractivity contribution in [1.29, 1.82) is 0 Å². The molecule has 0 aliphatic rings. The van der Waals surface area contributed by atoms with Gasteiger partial charge in [0.15, 0.2) is 11.5 Å². The average molecular weight is 429 g/mol. The van der Waals surface area contributed by atoms with E-state index in [0.717, 1.165) is 16.9 Å². The Morgan fingerprint density at radius 2 is 1.62 bits per heavy atom. The minimum atomic E-state index is -0.263. The molecule has 4 rings (SSSR count). The summed E-state index contributed by atoms with van der Waals surface area (Å²) in [7, 11) is 3.14.